The van der Waals surface area contributed by atoms with E-state index in [0.29, 0.717) is 42.3 Å². The minimum atomic E-state index is -0.210. The van der Waals surface area contributed by atoms with Gasteiger partial charge in [0.15, 0.2) is 0 Å². The summed E-state index contributed by atoms with van der Waals surface area (Å²) in [6, 6.07) is 5.77. The van der Waals surface area contributed by atoms with E-state index in [1.165, 1.54) is 16.4 Å². The standard InChI is InChI=1S/C21H20N8OS/c1-2-3-9-28-19-18(24-21(28)27-8-4-5-15(22)13-27)11-23-29(20(19)30)12-14-6-7-16-17(10-14)26-31-25-16/h6-7,10-11,22H,4-5,8-9,12-13H2,1H3. The molecule has 4 aromatic rings. The zero-order valence-electron chi connectivity index (χ0n) is 17.0. The molecular weight excluding hydrogens is 412 g/mol. The second-order valence-electron chi connectivity index (χ2n) is 7.48. The number of rotatable bonds is 4. The molecule has 0 aliphatic carbocycles. The Hall–Kier alpha value is -3.58. The van der Waals surface area contributed by atoms with Gasteiger partial charge in [-0.1, -0.05) is 12.0 Å². The van der Waals surface area contributed by atoms with Gasteiger partial charge in [0.1, 0.15) is 22.1 Å². The van der Waals surface area contributed by atoms with Crippen LogP contribution >= 0.6 is 11.7 Å². The molecule has 3 aromatic heterocycles. The number of aromatic nitrogens is 6. The third kappa shape index (κ3) is 3.57. The highest BCUT2D eigenvalue weighted by Gasteiger charge is 2.23. The van der Waals surface area contributed by atoms with E-state index in [0.717, 1.165) is 36.0 Å². The Balaban J connectivity index is 1.59. The van der Waals surface area contributed by atoms with Crippen LogP contribution in [0.15, 0.2) is 29.2 Å². The van der Waals surface area contributed by atoms with Crippen molar-refractivity contribution in [1.82, 2.24) is 28.1 Å². The van der Waals surface area contributed by atoms with Gasteiger partial charge in [0, 0.05) is 12.3 Å². The molecule has 1 aliphatic heterocycles. The Bertz CT molecular complexity index is 1420. The monoisotopic (exact) mass is 432 g/mol. The van der Waals surface area contributed by atoms with Crippen LogP contribution in [0.4, 0.5) is 5.95 Å². The average molecular weight is 433 g/mol. The highest BCUT2D eigenvalue weighted by molar-refractivity contribution is 7.00. The van der Waals surface area contributed by atoms with E-state index >= 15 is 0 Å². The van der Waals surface area contributed by atoms with E-state index in [4.69, 9.17) is 10.4 Å². The summed E-state index contributed by atoms with van der Waals surface area (Å²) in [6.07, 6.45) is 3.34. The second kappa shape index (κ2) is 7.92. The molecule has 0 atom stereocenters. The molecule has 0 spiro atoms. The van der Waals surface area contributed by atoms with Gasteiger partial charge in [0.2, 0.25) is 5.95 Å². The first-order valence-corrected chi connectivity index (χ1v) is 10.8. The van der Waals surface area contributed by atoms with Crippen LogP contribution in [0, 0.1) is 17.3 Å². The molecule has 156 valence electrons. The Morgan fingerprint density at radius 3 is 2.94 bits per heavy atom. The van der Waals surface area contributed by atoms with Crippen molar-refractivity contribution in [2.24, 2.45) is 0 Å². The van der Waals surface area contributed by atoms with E-state index < -0.39 is 0 Å². The van der Waals surface area contributed by atoms with Crippen LogP contribution in [0.25, 0.3) is 22.1 Å². The van der Waals surface area contributed by atoms with Crippen molar-refractivity contribution in [1.29, 1.82) is 5.41 Å². The lowest BCUT2D eigenvalue weighted by molar-refractivity contribution is 0.642. The summed E-state index contributed by atoms with van der Waals surface area (Å²) in [6.45, 7) is 3.79. The molecule has 1 fully saturated rings. The fourth-order valence-electron chi connectivity index (χ4n) is 3.88. The summed E-state index contributed by atoms with van der Waals surface area (Å²) in [5.41, 5.74) is 4.09. The van der Waals surface area contributed by atoms with Gasteiger partial charge in [0.25, 0.3) is 5.56 Å². The molecule has 1 aliphatic rings. The summed E-state index contributed by atoms with van der Waals surface area (Å²) in [4.78, 5) is 20.1. The first kappa shape index (κ1) is 19.4. The summed E-state index contributed by atoms with van der Waals surface area (Å²) in [7, 11) is 0. The molecular formula is C21H20N8OS. The van der Waals surface area contributed by atoms with Crippen molar-refractivity contribution in [3.8, 4) is 11.8 Å². The van der Waals surface area contributed by atoms with E-state index in [1.807, 2.05) is 22.8 Å². The van der Waals surface area contributed by atoms with Gasteiger partial charge in [0.05, 0.1) is 37.6 Å². The summed E-state index contributed by atoms with van der Waals surface area (Å²) < 4.78 is 11.8. The van der Waals surface area contributed by atoms with Crippen LogP contribution in [0.1, 0.15) is 25.3 Å². The lowest BCUT2D eigenvalue weighted by Gasteiger charge is -2.28. The fraction of sp³-hybridized carbons (Fsp3) is 0.333. The highest BCUT2D eigenvalue weighted by Crippen LogP contribution is 2.22. The Morgan fingerprint density at radius 2 is 2.10 bits per heavy atom. The third-order valence-electron chi connectivity index (χ3n) is 5.37. The summed E-state index contributed by atoms with van der Waals surface area (Å²) >= 11 is 1.17. The molecule has 0 radical (unpaired) electrons. The lowest BCUT2D eigenvalue weighted by Crippen LogP contribution is -2.37. The largest absolute Gasteiger partial charge is 0.337 e. The van der Waals surface area contributed by atoms with Crippen molar-refractivity contribution in [3.05, 3.63) is 40.3 Å². The quantitative estimate of drug-likeness (QED) is 0.496. The van der Waals surface area contributed by atoms with E-state index in [9.17, 15) is 4.79 Å². The topological polar surface area (TPSA) is 106 Å². The minimum absolute atomic E-state index is 0.210. The van der Waals surface area contributed by atoms with Gasteiger partial charge >= 0.3 is 0 Å². The van der Waals surface area contributed by atoms with Crippen LogP contribution in [-0.4, -0.2) is 46.9 Å². The number of piperidine rings is 1. The maximum Gasteiger partial charge on any atom is 0.293 e. The molecule has 0 unspecified atom stereocenters. The molecule has 9 nitrogen and oxygen atoms in total. The molecule has 1 N–H and O–H groups in total. The second-order valence-corrected chi connectivity index (χ2v) is 8.01. The third-order valence-corrected chi connectivity index (χ3v) is 5.92. The molecule has 0 amide bonds. The molecule has 4 heterocycles. The molecule has 10 heteroatoms. The number of hydrogen-bond donors (Lipinski definition) is 1. The molecule has 5 rings (SSSR count). The first-order chi connectivity index (χ1) is 15.1. The number of imidazole rings is 1. The lowest BCUT2D eigenvalue weighted by atomic mass is 10.1. The molecule has 1 aromatic carbocycles. The van der Waals surface area contributed by atoms with Gasteiger partial charge in [-0.3, -0.25) is 9.36 Å². The molecule has 1 saturated heterocycles. The summed E-state index contributed by atoms with van der Waals surface area (Å²) in [5, 5.41) is 12.4. The minimum Gasteiger partial charge on any atom is -0.337 e. The number of benzene rings is 1. The smallest absolute Gasteiger partial charge is 0.293 e. The van der Waals surface area contributed by atoms with Gasteiger partial charge in [-0.15, -0.1) is 5.92 Å². The molecule has 31 heavy (non-hydrogen) atoms. The number of nitrogens with one attached hydrogen (secondary N) is 1. The van der Waals surface area contributed by atoms with Gasteiger partial charge in [-0.05, 0) is 37.5 Å². The van der Waals surface area contributed by atoms with Crippen molar-refractivity contribution < 1.29 is 0 Å². The van der Waals surface area contributed by atoms with Gasteiger partial charge in [-0.25, -0.2) is 9.67 Å². The summed E-state index contributed by atoms with van der Waals surface area (Å²) in [5.74, 6) is 6.63. The van der Waals surface area contributed by atoms with Crippen LogP contribution in [0.5, 0.6) is 0 Å². The predicted molar refractivity (Wildman–Crippen MR) is 121 cm³/mol. The van der Waals surface area contributed by atoms with Gasteiger partial charge in [-0.2, -0.15) is 13.8 Å². The van der Waals surface area contributed by atoms with Crippen LogP contribution in [0.3, 0.4) is 0 Å². The van der Waals surface area contributed by atoms with E-state index in [-0.39, 0.29) is 5.56 Å². The number of fused-ring (bicyclic) bond motifs is 2. The average Bonchev–Trinajstić information content (AvgIpc) is 3.38. The first-order valence-electron chi connectivity index (χ1n) is 10.0. The van der Waals surface area contributed by atoms with Crippen molar-refractivity contribution in [3.63, 3.8) is 0 Å². The van der Waals surface area contributed by atoms with Crippen molar-refractivity contribution in [2.75, 3.05) is 18.0 Å². The maximum absolute atomic E-state index is 13.4. The number of hydrogen-bond acceptors (Lipinski definition) is 8. The Labute approximate surface area is 182 Å². The fourth-order valence-corrected chi connectivity index (χ4v) is 4.39. The molecule has 0 bridgehead atoms. The Kier molecular flexibility index (Phi) is 4.95. The Morgan fingerprint density at radius 1 is 1.23 bits per heavy atom. The highest BCUT2D eigenvalue weighted by atomic mass is 32.1. The maximum atomic E-state index is 13.4. The van der Waals surface area contributed by atoms with E-state index in [1.54, 1.807) is 13.1 Å². The predicted octanol–water partition coefficient (Wildman–Crippen LogP) is 2.29. The van der Waals surface area contributed by atoms with E-state index in [2.05, 4.69) is 30.6 Å². The zero-order chi connectivity index (χ0) is 21.4. The van der Waals surface area contributed by atoms with Crippen LogP contribution in [0.2, 0.25) is 0 Å². The number of anilines is 1. The normalized spacial score (nSPS) is 14.2. The SMILES string of the molecule is CC#CCn1c(N2CCCC(=N)C2)nc2cnn(Cc3ccc4nsnc4c3)c(=O)c21. The van der Waals surface area contributed by atoms with Crippen molar-refractivity contribution >= 4 is 45.5 Å². The van der Waals surface area contributed by atoms with Crippen molar-refractivity contribution in [2.45, 2.75) is 32.9 Å². The zero-order valence-corrected chi connectivity index (χ0v) is 17.8. The van der Waals surface area contributed by atoms with Gasteiger partial charge < -0.3 is 10.3 Å². The molecule has 0 saturated carbocycles. The number of nitrogens with zero attached hydrogens (tertiary/aromatic N) is 7. The van der Waals surface area contributed by atoms with Crippen LogP contribution < -0.4 is 10.5 Å². The van der Waals surface area contributed by atoms with Crippen LogP contribution in [-0.2, 0) is 13.1 Å².